The highest BCUT2D eigenvalue weighted by molar-refractivity contribution is 5.80. The molecule has 1 heterocycles. The molecule has 0 saturated heterocycles. The minimum absolute atomic E-state index is 0.0186. The Hall–Kier alpha value is -4.19. The van der Waals surface area contributed by atoms with Gasteiger partial charge in [0.2, 0.25) is 0 Å². The molecule has 0 saturated carbocycles. The third-order valence-electron chi connectivity index (χ3n) is 6.78. The van der Waals surface area contributed by atoms with Crippen LogP contribution in [0.1, 0.15) is 80.5 Å². The van der Waals surface area contributed by atoms with Gasteiger partial charge in [0, 0.05) is 30.4 Å². The molecule has 2 N–H and O–H groups in total. The minimum atomic E-state index is -1.21. The second-order valence-electron chi connectivity index (χ2n) is 11.0. The van der Waals surface area contributed by atoms with E-state index in [9.17, 15) is 29.5 Å². The van der Waals surface area contributed by atoms with Gasteiger partial charge in [0.25, 0.3) is 5.09 Å². The topological polar surface area (TPSA) is 141 Å². The number of esters is 1. The number of nitrogens with zero attached hydrogens (tertiary/aromatic N) is 2. The monoisotopic (exact) mass is 610 g/mol. The van der Waals surface area contributed by atoms with E-state index in [0.717, 1.165) is 33.6 Å². The lowest BCUT2D eigenvalue weighted by atomic mass is 9.87. The van der Waals surface area contributed by atoms with Crippen LogP contribution >= 0.6 is 0 Å². The average molecular weight is 611 g/mol. The van der Waals surface area contributed by atoms with Crippen molar-refractivity contribution in [3.8, 4) is 16.9 Å². The van der Waals surface area contributed by atoms with E-state index >= 15 is 0 Å². The number of benzene rings is 2. The first kappa shape index (κ1) is 34.3. The highest BCUT2D eigenvalue weighted by Gasteiger charge is 2.23. The molecule has 11 heteroatoms. The number of halogens is 1. The highest BCUT2D eigenvalue weighted by atomic mass is 19.1. The van der Waals surface area contributed by atoms with Crippen LogP contribution in [-0.4, -0.2) is 45.6 Å². The average Bonchev–Trinajstić information content (AvgIpc) is 2.95. The molecule has 0 aliphatic heterocycles. The number of ether oxygens (including phenoxy) is 2. The van der Waals surface area contributed by atoms with Crippen LogP contribution in [0.15, 0.2) is 54.6 Å². The molecule has 2 aromatic carbocycles. The summed E-state index contributed by atoms with van der Waals surface area (Å²) >= 11 is 0. The minimum Gasteiger partial charge on any atom is -0.426 e. The molecule has 3 aromatic rings. The Bertz CT molecular complexity index is 1460. The number of aliphatic hydroxyl groups is 2. The fourth-order valence-electron chi connectivity index (χ4n) is 4.84. The van der Waals surface area contributed by atoms with Gasteiger partial charge < -0.3 is 24.5 Å². The summed E-state index contributed by atoms with van der Waals surface area (Å²) in [5.74, 6) is -0.844. The third-order valence-corrected chi connectivity index (χ3v) is 6.78. The van der Waals surface area contributed by atoms with Crippen molar-refractivity contribution in [1.29, 1.82) is 0 Å². The summed E-state index contributed by atoms with van der Waals surface area (Å²) in [6.07, 6.45) is 0.425. The van der Waals surface area contributed by atoms with Crippen LogP contribution in [0, 0.1) is 15.9 Å². The normalized spacial score (nSPS) is 13.0. The molecule has 0 spiro atoms. The van der Waals surface area contributed by atoms with Gasteiger partial charge in [-0.25, -0.2) is 4.39 Å². The highest BCUT2D eigenvalue weighted by Crippen LogP contribution is 2.38. The summed E-state index contributed by atoms with van der Waals surface area (Å²) in [4.78, 5) is 32.2. The van der Waals surface area contributed by atoms with E-state index in [4.69, 9.17) is 14.5 Å². The molecule has 0 aliphatic carbocycles. The molecule has 0 radical (unpaired) electrons. The van der Waals surface area contributed by atoms with Crippen molar-refractivity contribution in [1.82, 2.24) is 4.98 Å². The molecule has 0 aliphatic rings. The Morgan fingerprint density at radius 1 is 1.05 bits per heavy atom. The van der Waals surface area contributed by atoms with Gasteiger partial charge in [-0.15, -0.1) is 10.1 Å². The van der Waals surface area contributed by atoms with Crippen LogP contribution in [0.25, 0.3) is 17.2 Å². The molecule has 236 valence electrons. The van der Waals surface area contributed by atoms with E-state index < -0.39 is 23.3 Å². The molecule has 3 rings (SSSR count). The second kappa shape index (κ2) is 16.0. The Morgan fingerprint density at radius 3 is 2.34 bits per heavy atom. The summed E-state index contributed by atoms with van der Waals surface area (Å²) in [6, 6.07) is 12.2. The summed E-state index contributed by atoms with van der Waals surface area (Å²) in [7, 11) is 1.60. The SMILES string of the molecule is COCc1c(C(C)C)nc(C(C)C)c(/C=C/[C@@H](O)C[C@@H](O)CC(=O)Oc2cccc(CO[N+](=O)[O-])c2)c1-c1ccc(F)cc1. The maximum atomic E-state index is 13.9. The molecule has 0 bridgehead atoms. The lowest BCUT2D eigenvalue weighted by Gasteiger charge is -2.23. The smallest absolute Gasteiger partial charge is 0.313 e. The molecular weight excluding hydrogens is 571 g/mol. The first-order valence-electron chi connectivity index (χ1n) is 14.3. The largest absolute Gasteiger partial charge is 0.426 e. The van der Waals surface area contributed by atoms with Crippen molar-refractivity contribution >= 4 is 12.0 Å². The van der Waals surface area contributed by atoms with Gasteiger partial charge in [0.05, 0.1) is 30.9 Å². The molecule has 0 amide bonds. The maximum Gasteiger partial charge on any atom is 0.313 e. The summed E-state index contributed by atoms with van der Waals surface area (Å²) < 4.78 is 24.7. The van der Waals surface area contributed by atoms with Crippen molar-refractivity contribution in [2.24, 2.45) is 0 Å². The Morgan fingerprint density at radius 2 is 1.73 bits per heavy atom. The zero-order chi connectivity index (χ0) is 32.4. The maximum absolute atomic E-state index is 13.9. The predicted octanol–water partition coefficient (Wildman–Crippen LogP) is 6.11. The van der Waals surface area contributed by atoms with Gasteiger partial charge in [-0.3, -0.25) is 9.78 Å². The number of hydrogen-bond donors (Lipinski definition) is 2. The fourth-order valence-corrected chi connectivity index (χ4v) is 4.84. The molecular formula is C33H39FN2O8. The van der Waals surface area contributed by atoms with Gasteiger partial charge in [-0.2, -0.15) is 0 Å². The number of pyridine rings is 1. The molecule has 1 aromatic heterocycles. The predicted molar refractivity (Wildman–Crippen MR) is 163 cm³/mol. The van der Waals surface area contributed by atoms with Gasteiger partial charge >= 0.3 is 5.97 Å². The van der Waals surface area contributed by atoms with Gasteiger partial charge in [0.15, 0.2) is 0 Å². The van der Waals surface area contributed by atoms with Crippen LogP contribution in [0.2, 0.25) is 0 Å². The third kappa shape index (κ3) is 9.66. The molecule has 10 nitrogen and oxygen atoms in total. The standard InChI is InChI=1S/C33H39FN2O8/c1-20(2)32-28(31(23-9-11-24(34)12-10-23)29(19-42-5)33(35-32)21(3)4)14-13-25(37)16-26(38)17-30(39)44-27-8-6-7-22(15-27)18-43-36(40)41/h6-15,20-21,25-26,37-38H,16-19H2,1-5H3/b14-13+/t25-,26-/m1/s1. The van der Waals surface area contributed by atoms with Gasteiger partial charge in [-0.05, 0) is 52.8 Å². The van der Waals surface area contributed by atoms with Crippen LogP contribution in [0.5, 0.6) is 5.75 Å². The first-order chi connectivity index (χ1) is 20.9. The molecule has 0 fully saturated rings. The summed E-state index contributed by atoms with van der Waals surface area (Å²) in [5, 5.41) is 30.8. The van der Waals surface area contributed by atoms with Crippen LogP contribution < -0.4 is 4.74 Å². The lowest BCUT2D eigenvalue weighted by molar-refractivity contribution is -0.763. The van der Waals surface area contributed by atoms with Crippen LogP contribution in [0.3, 0.4) is 0 Å². The van der Waals surface area contributed by atoms with Crippen molar-refractivity contribution in [3.05, 3.63) is 98.6 Å². The van der Waals surface area contributed by atoms with E-state index in [1.807, 2.05) is 27.7 Å². The van der Waals surface area contributed by atoms with E-state index in [-0.39, 0.29) is 49.5 Å². The van der Waals surface area contributed by atoms with Crippen molar-refractivity contribution < 1.29 is 38.8 Å². The van der Waals surface area contributed by atoms with Crippen molar-refractivity contribution in [2.45, 2.75) is 77.8 Å². The number of methoxy groups -OCH3 is 1. The van der Waals surface area contributed by atoms with Crippen LogP contribution in [-0.2, 0) is 27.6 Å². The Balaban J connectivity index is 1.82. The molecule has 2 atom stereocenters. The number of aliphatic hydroxyl groups excluding tert-OH is 2. The van der Waals surface area contributed by atoms with Gasteiger partial charge in [-0.1, -0.05) is 64.1 Å². The first-order valence-corrected chi connectivity index (χ1v) is 14.3. The molecule has 0 unspecified atom stereocenters. The zero-order valence-corrected chi connectivity index (χ0v) is 25.5. The van der Waals surface area contributed by atoms with Crippen molar-refractivity contribution in [3.63, 3.8) is 0 Å². The fraction of sp³-hybridized carbons (Fsp3) is 0.394. The lowest BCUT2D eigenvalue weighted by Crippen LogP contribution is -2.22. The Kier molecular flexibility index (Phi) is 12.5. The number of carbonyl (C=O) groups is 1. The number of carbonyl (C=O) groups excluding carboxylic acids is 1. The number of rotatable bonds is 15. The number of aromatic nitrogens is 1. The number of hydrogen-bond acceptors (Lipinski definition) is 9. The van der Waals surface area contributed by atoms with E-state index in [1.165, 1.54) is 30.3 Å². The summed E-state index contributed by atoms with van der Waals surface area (Å²) in [6.45, 7) is 8.11. The Labute approximate surface area is 256 Å². The van der Waals surface area contributed by atoms with E-state index in [2.05, 4.69) is 4.84 Å². The van der Waals surface area contributed by atoms with E-state index in [1.54, 1.807) is 37.5 Å². The summed E-state index contributed by atoms with van der Waals surface area (Å²) in [5.41, 5.74) is 5.31. The van der Waals surface area contributed by atoms with Crippen LogP contribution in [0.4, 0.5) is 4.39 Å². The zero-order valence-electron chi connectivity index (χ0n) is 25.5. The second-order valence-corrected chi connectivity index (χ2v) is 11.0. The molecule has 44 heavy (non-hydrogen) atoms. The van der Waals surface area contributed by atoms with E-state index in [0.29, 0.717) is 5.56 Å². The van der Waals surface area contributed by atoms with Gasteiger partial charge in [0.1, 0.15) is 18.2 Å². The quantitative estimate of drug-likeness (QED) is 0.0902. The van der Waals surface area contributed by atoms with Crippen molar-refractivity contribution in [2.75, 3.05) is 7.11 Å².